The first kappa shape index (κ1) is 18.9. The monoisotopic (exact) mass is 387 g/mol. The van der Waals surface area contributed by atoms with E-state index in [0.717, 1.165) is 16.7 Å². The fraction of sp³-hybridized carbons (Fsp3) is 0.208. The Morgan fingerprint density at radius 2 is 1.86 bits per heavy atom. The number of esters is 1. The number of ether oxygens (including phenoxy) is 1. The van der Waals surface area contributed by atoms with Crippen LogP contribution in [0.5, 0.6) is 0 Å². The summed E-state index contributed by atoms with van der Waals surface area (Å²) in [6.45, 7) is 5.87. The number of ketones is 1. The second kappa shape index (κ2) is 7.17. The van der Waals surface area contributed by atoms with Gasteiger partial charge in [-0.1, -0.05) is 36.4 Å². The highest BCUT2D eigenvalue weighted by atomic mass is 16.5. The molecular formula is C24H21NO4. The molecule has 1 aliphatic heterocycles. The number of hydrogen-bond donors (Lipinski definition) is 0. The lowest BCUT2D eigenvalue weighted by Gasteiger charge is -2.24. The minimum atomic E-state index is -0.643. The molecule has 3 aromatic rings. The van der Waals surface area contributed by atoms with Crippen molar-refractivity contribution in [1.29, 1.82) is 0 Å². The van der Waals surface area contributed by atoms with Crippen LogP contribution in [0, 0.1) is 13.8 Å². The third-order valence-electron chi connectivity index (χ3n) is 5.23. The number of pyridine rings is 1. The van der Waals surface area contributed by atoms with Gasteiger partial charge in [-0.3, -0.25) is 9.59 Å². The highest BCUT2D eigenvalue weighted by molar-refractivity contribution is 6.20. The summed E-state index contributed by atoms with van der Waals surface area (Å²) in [5.41, 5.74) is 3.80. The molecule has 1 aliphatic rings. The number of rotatable bonds is 3. The SMILES string of the molecule is CCOC(=O)c1cn2c3c(c(C)cc(C)c3c1=O)C(=O)/C(=C/c1ccccc1)C2. The molecular weight excluding hydrogens is 366 g/mol. The van der Waals surface area contributed by atoms with Crippen LogP contribution >= 0.6 is 0 Å². The first-order chi connectivity index (χ1) is 13.9. The van der Waals surface area contributed by atoms with Crippen molar-refractivity contribution in [1.82, 2.24) is 4.57 Å². The zero-order valence-electron chi connectivity index (χ0n) is 16.6. The van der Waals surface area contributed by atoms with Crippen molar-refractivity contribution in [3.8, 4) is 0 Å². The average Bonchev–Trinajstić information content (AvgIpc) is 2.69. The molecule has 0 fully saturated rings. The Bertz CT molecular complexity index is 1250. The lowest BCUT2D eigenvalue weighted by atomic mass is 9.89. The number of aryl methyl sites for hydroxylation is 2. The summed E-state index contributed by atoms with van der Waals surface area (Å²) in [7, 11) is 0. The van der Waals surface area contributed by atoms with Gasteiger partial charge in [0.1, 0.15) is 5.56 Å². The van der Waals surface area contributed by atoms with Crippen molar-refractivity contribution in [2.45, 2.75) is 27.3 Å². The Hall–Kier alpha value is -3.47. The van der Waals surface area contributed by atoms with Gasteiger partial charge in [0, 0.05) is 17.3 Å². The maximum Gasteiger partial charge on any atom is 0.343 e. The van der Waals surface area contributed by atoms with Crippen molar-refractivity contribution in [2.75, 3.05) is 6.61 Å². The minimum absolute atomic E-state index is 0.00865. The molecule has 0 saturated heterocycles. The minimum Gasteiger partial charge on any atom is -0.462 e. The van der Waals surface area contributed by atoms with Gasteiger partial charge >= 0.3 is 5.97 Å². The molecule has 5 nitrogen and oxygen atoms in total. The number of hydrogen-bond acceptors (Lipinski definition) is 4. The van der Waals surface area contributed by atoms with Crippen molar-refractivity contribution >= 4 is 28.7 Å². The molecule has 0 N–H and O–H groups in total. The molecule has 0 bridgehead atoms. The standard InChI is InChI=1S/C24H21NO4/c1-4-29-24(28)18-13-25-12-17(11-16-8-6-5-7-9-16)22(26)19-14(2)10-15(3)20(21(19)25)23(18)27/h5-11,13H,4,12H2,1-3H3/b17-11+. The Morgan fingerprint density at radius 3 is 2.55 bits per heavy atom. The van der Waals surface area contributed by atoms with Gasteiger partial charge in [0.25, 0.3) is 0 Å². The smallest absolute Gasteiger partial charge is 0.343 e. The van der Waals surface area contributed by atoms with Crippen molar-refractivity contribution in [2.24, 2.45) is 0 Å². The van der Waals surface area contributed by atoms with E-state index in [9.17, 15) is 14.4 Å². The predicted molar refractivity (Wildman–Crippen MR) is 112 cm³/mol. The highest BCUT2D eigenvalue weighted by Crippen LogP contribution is 2.32. The van der Waals surface area contributed by atoms with E-state index in [1.165, 1.54) is 6.20 Å². The lowest BCUT2D eigenvalue weighted by Crippen LogP contribution is -2.27. The Morgan fingerprint density at radius 1 is 1.14 bits per heavy atom. The molecule has 2 heterocycles. The number of benzene rings is 2. The van der Waals surface area contributed by atoms with Crippen LogP contribution in [0.4, 0.5) is 0 Å². The van der Waals surface area contributed by atoms with Crippen molar-refractivity contribution in [3.05, 3.63) is 86.2 Å². The molecule has 29 heavy (non-hydrogen) atoms. The van der Waals surface area contributed by atoms with E-state index < -0.39 is 11.4 Å². The Labute approximate surface area is 168 Å². The van der Waals surface area contributed by atoms with Gasteiger partial charge < -0.3 is 9.30 Å². The molecule has 4 rings (SSSR count). The molecule has 146 valence electrons. The summed E-state index contributed by atoms with van der Waals surface area (Å²) >= 11 is 0. The number of carbonyl (C=O) groups is 2. The van der Waals surface area contributed by atoms with Crippen LogP contribution in [-0.2, 0) is 11.3 Å². The molecule has 0 saturated carbocycles. The van der Waals surface area contributed by atoms with Crippen molar-refractivity contribution in [3.63, 3.8) is 0 Å². The topological polar surface area (TPSA) is 65.4 Å². The van der Waals surface area contributed by atoms with Crippen LogP contribution in [0.25, 0.3) is 17.0 Å². The zero-order valence-corrected chi connectivity index (χ0v) is 16.6. The van der Waals surface area contributed by atoms with Gasteiger partial charge in [0.05, 0.1) is 24.1 Å². The molecule has 2 aromatic carbocycles. The molecule has 0 unspecified atom stereocenters. The first-order valence-electron chi connectivity index (χ1n) is 9.57. The fourth-order valence-corrected chi connectivity index (χ4v) is 4.00. The third-order valence-corrected chi connectivity index (χ3v) is 5.23. The van der Waals surface area contributed by atoms with Crippen LogP contribution in [0.2, 0.25) is 0 Å². The molecule has 0 spiro atoms. The largest absolute Gasteiger partial charge is 0.462 e. The van der Waals surface area contributed by atoms with Gasteiger partial charge in [-0.25, -0.2) is 4.79 Å². The normalized spacial score (nSPS) is 14.4. The maximum absolute atomic E-state index is 13.3. The van der Waals surface area contributed by atoms with Crippen LogP contribution in [0.1, 0.15) is 44.3 Å². The second-order valence-electron chi connectivity index (χ2n) is 7.24. The summed E-state index contributed by atoms with van der Waals surface area (Å²) in [4.78, 5) is 38.7. The summed E-state index contributed by atoms with van der Waals surface area (Å²) in [5, 5.41) is 0.406. The highest BCUT2D eigenvalue weighted by Gasteiger charge is 2.29. The van der Waals surface area contributed by atoms with E-state index >= 15 is 0 Å². The van der Waals surface area contributed by atoms with Gasteiger partial charge in [-0.05, 0) is 43.5 Å². The van der Waals surface area contributed by atoms with Crippen LogP contribution < -0.4 is 5.43 Å². The molecule has 0 radical (unpaired) electrons. The van der Waals surface area contributed by atoms with E-state index in [1.54, 1.807) is 6.92 Å². The van der Waals surface area contributed by atoms with Crippen molar-refractivity contribution < 1.29 is 14.3 Å². The van der Waals surface area contributed by atoms with Crippen LogP contribution in [0.15, 0.2) is 53.0 Å². The molecule has 0 atom stereocenters. The van der Waals surface area contributed by atoms with E-state index in [2.05, 4.69) is 0 Å². The van der Waals surface area contributed by atoms with E-state index in [1.807, 2.05) is 60.9 Å². The first-order valence-corrected chi connectivity index (χ1v) is 9.57. The van der Waals surface area contributed by atoms with E-state index in [0.29, 0.717) is 22.0 Å². The summed E-state index contributed by atoms with van der Waals surface area (Å²) in [5.74, 6) is -0.727. The molecule has 1 aromatic heterocycles. The lowest BCUT2D eigenvalue weighted by molar-refractivity contribution is 0.0524. The van der Waals surface area contributed by atoms with E-state index in [4.69, 9.17) is 4.74 Å². The molecule has 0 amide bonds. The number of allylic oxidation sites excluding steroid dienone is 1. The Balaban J connectivity index is 2.01. The summed E-state index contributed by atoms with van der Waals surface area (Å²) in [6, 6.07) is 11.5. The number of aromatic nitrogens is 1. The fourth-order valence-electron chi connectivity index (χ4n) is 4.00. The predicted octanol–water partition coefficient (Wildman–Crippen LogP) is 4.07. The van der Waals surface area contributed by atoms with Gasteiger partial charge in [-0.15, -0.1) is 0 Å². The van der Waals surface area contributed by atoms with Crippen LogP contribution in [-0.4, -0.2) is 22.9 Å². The summed E-state index contributed by atoms with van der Waals surface area (Å²) < 4.78 is 6.91. The van der Waals surface area contributed by atoms with E-state index in [-0.39, 0.29) is 24.5 Å². The van der Waals surface area contributed by atoms with Gasteiger partial charge in [0.15, 0.2) is 5.78 Å². The number of carbonyl (C=O) groups excluding carboxylic acids is 2. The maximum atomic E-state index is 13.3. The zero-order chi connectivity index (χ0) is 20.7. The molecule has 0 aliphatic carbocycles. The second-order valence-corrected chi connectivity index (χ2v) is 7.24. The number of nitrogens with zero attached hydrogens (tertiary/aromatic N) is 1. The average molecular weight is 387 g/mol. The molecule has 5 heteroatoms. The summed E-state index contributed by atoms with van der Waals surface area (Å²) in [6.07, 6.45) is 3.38. The van der Waals surface area contributed by atoms with Gasteiger partial charge in [0.2, 0.25) is 5.43 Å². The third kappa shape index (κ3) is 3.09. The van der Waals surface area contributed by atoms with Gasteiger partial charge in [-0.2, -0.15) is 0 Å². The quantitative estimate of drug-likeness (QED) is 0.502. The Kier molecular flexibility index (Phi) is 4.66. The van der Waals surface area contributed by atoms with Crippen LogP contribution in [0.3, 0.4) is 0 Å². The number of Topliss-reactive ketones (excluding diaryl/α,β-unsaturated/α-hetero) is 1.